The molecule has 3 atom stereocenters. The van der Waals surface area contributed by atoms with Crippen LogP contribution in [0.25, 0.3) is 0 Å². The van der Waals surface area contributed by atoms with Gasteiger partial charge in [0.05, 0.1) is 12.2 Å². The maximum absolute atomic E-state index is 5.99. The van der Waals surface area contributed by atoms with Gasteiger partial charge in [-0.2, -0.15) is 0 Å². The predicted molar refractivity (Wildman–Crippen MR) is 49.1 cm³/mol. The molecule has 0 spiro atoms. The molecule has 2 nitrogen and oxygen atoms in total. The zero-order valence-electron chi connectivity index (χ0n) is 8.05. The summed E-state index contributed by atoms with van der Waals surface area (Å²) < 4.78 is 5.99. The Morgan fingerprint density at radius 1 is 1.08 bits per heavy atom. The van der Waals surface area contributed by atoms with Crippen LogP contribution < -0.4 is 5.32 Å². The first kappa shape index (κ1) is 8.52. The molecule has 2 aliphatic rings. The molecule has 1 N–H and O–H groups in total. The fourth-order valence-electron chi connectivity index (χ4n) is 2.03. The van der Waals surface area contributed by atoms with E-state index in [1.54, 1.807) is 0 Å². The standard InChI is InChI=1S/C10H19NO/c1-7-5-11-6-8(2)10(7)12-9-3-4-9/h7-11H,3-6H2,1-2H3/t7-,8+,10?. The molecule has 1 aliphatic heterocycles. The van der Waals surface area contributed by atoms with Gasteiger partial charge in [0, 0.05) is 13.1 Å². The summed E-state index contributed by atoms with van der Waals surface area (Å²) in [7, 11) is 0. The van der Waals surface area contributed by atoms with Gasteiger partial charge in [-0.1, -0.05) is 13.8 Å². The maximum Gasteiger partial charge on any atom is 0.0654 e. The summed E-state index contributed by atoms with van der Waals surface area (Å²) >= 11 is 0. The molecule has 0 aromatic heterocycles. The number of piperidine rings is 1. The lowest BCUT2D eigenvalue weighted by Gasteiger charge is -2.35. The zero-order valence-corrected chi connectivity index (χ0v) is 8.05. The molecule has 1 saturated heterocycles. The van der Waals surface area contributed by atoms with Gasteiger partial charge in [-0.25, -0.2) is 0 Å². The Labute approximate surface area is 74.7 Å². The Kier molecular flexibility index (Phi) is 2.37. The van der Waals surface area contributed by atoms with Crippen molar-refractivity contribution >= 4 is 0 Å². The summed E-state index contributed by atoms with van der Waals surface area (Å²) in [6.07, 6.45) is 3.71. The highest BCUT2D eigenvalue weighted by atomic mass is 16.5. The van der Waals surface area contributed by atoms with Gasteiger partial charge in [-0.05, 0) is 24.7 Å². The normalized spacial score (nSPS) is 43.0. The van der Waals surface area contributed by atoms with Crippen molar-refractivity contribution in [2.24, 2.45) is 11.8 Å². The highest BCUT2D eigenvalue weighted by Gasteiger charge is 2.34. The first-order chi connectivity index (χ1) is 5.77. The molecule has 2 rings (SSSR count). The monoisotopic (exact) mass is 169 g/mol. The van der Waals surface area contributed by atoms with Crippen LogP contribution >= 0.6 is 0 Å². The number of hydrogen-bond donors (Lipinski definition) is 1. The fourth-order valence-corrected chi connectivity index (χ4v) is 2.03. The van der Waals surface area contributed by atoms with E-state index in [1.165, 1.54) is 12.8 Å². The summed E-state index contributed by atoms with van der Waals surface area (Å²) in [5.74, 6) is 1.38. The summed E-state index contributed by atoms with van der Waals surface area (Å²) in [5, 5.41) is 3.43. The molecule has 1 heterocycles. The van der Waals surface area contributed by atoms with Gasteiger partial charge in [0.25, 0.3) is 0 Å². The van der Waals surface area contributed by atoms with Gasteiger partial charge in [0.1, 0.15) is 0 Å². The third-order valence-corrected chi connectivity index (χ3v) is 2.93. The molecule has 70 valence electrons. The average Bonchev–Trinajstić information content (AvgIpc) is 2.80. The predicted octanol–water partition coefficient (Wildman–Crippen LogP) is 1.41. The quantitative estimate of drug-likeness (QED) is 0.675. The lowest BCUT2D eigenvalue weighted by atomic mass is 9.89. The molecule has 12 heavy (non-hydrogen) atoms. The Balaban J connectivity index is 1.88. The topological polar surface area (TPSA) is 21.3 Å². The first-order valence-electron chi connectivity index (χ1n) is 5.13. The van der Waals surface area contributed by atoms with Crippen LogP contribution in [-0.4, -0.2) is 25.3 Å². The van der Waals surface area contributed by atoms with E-state index >= 15 is 0 Å². The number of rotatable bonds is 2. The van der Waals surface area contributed by atoms with Crippen LogP contribution in [-0.2, 0) is 4.74 Å². The molecular weight excluding hydrogens is 150 g/mol. The second-order valence-electron chi connectivity index (χ2n) is 4.41. The molecule has 0 aromatic carbocycles. The zero-order chi connectivity index (χ0) is 8.55. The van der Waals surface area contributed by atoms with E-state index in [9.17, 15) is 0 Å². The summed E-state index contributed by atoms with van der Waals surface area (Å²) in [6.45, 7) is 6.83. The molecule has 0 aromatic rings. The van der Waals surface area contributed by atoms with Crippen LogP contribution in [0.1, 0.15) is 26.7 Å². The van der Waals surface area contributed by atoms with Gasteiger partial charge < -0.3 is 10.1 Å². The third kappa shape index (κ3) is 1.80. The number of ether oxygens (including phenoxy) is 1. The Hall–Kier alpha value is -0.0800. The van der Waals surface area contributed by atoms with Crippen molar-refractivity contribution in [3.8, 4) is 0 Å². The highest BCUT2D eigenvalue weighted by molar-refractivity contribution is 4.84. The van der Waals surface area contributed by atoms with Crippen LogP contribution in [0, 0.1) is 11.8 Å². The summed E-state index contributed by atoms with van der Waals surface area (Å²) in [4.78, 5) is 0. The molecular formula is C10H19NO. The fraction of sp³-hybridized carbons (Fsp3) is 1.00. The molecule has 0 radical (unpaired) electrons. The van der Waals surface area contributed by atoms with Gasteiger partial charge in [0.2, 0.25) is 0 Å². The van der Waals surface area contributed by atoms with E-state index in [2.05, 4.69) is 19.2 Å². The van der Waals surface area contributed by atoms with E-state index in [-0.39, 0.29) is 0 Å². The Morgan fingerprint density at radius 2 is 1.67 bits per heavy atom. The van der Waals surface area contributed by atoms with Crippen LogP contribution in [0.3, 0.4) is 0 Å². The number of hydrogen-bond acceptors (Lipinski definition) is 2. The van der Waals surface area contributed by atoms with Gasteiger partial charge >= 0.3 is 0 Å². The number of nitrogens with one attached hydrogen (secondary N) is 1. The third-order valence-electron chi connectivity index (χ3n) is 2.93. The van der Waals surface area contributed by atoms with Crippen molar-refractivity contribution in [3.63, 3.8) is 0 Å². The molecule has 2 heteroatoms. The van der Waals surface area contributed by atoms with Crippen LogP contribution in [0.15, 0.2) is 0 Å². The minimum atomic E-state index is 0.513. The average molecular weight is 169 g/mol. The molecule has 2 fully saturated rings. The van der Waals surface area contributed by atoms with Crippen molar-refractivity contribution in [3.05, 3.63) is 0 Å². The van der Waals surface area contributed by atoms with E-state index in [0.717, 1.165) is 13.1 Å². The van der Waals surface area contributed by atoms with Crippen molar-refractivity contribution in [2.75, 3.05) is 13.1 Å². The maximum atomic E-state index is 5.99. The second-order valence-corrected chi connectivity index (χ2v) is 4.41. The molecule has 0 bridgehead atoms. The van der Waals surface area contributed by atoms with Crippen LogP contribution in [0.5, 0.6) is 0 Å². The van der Waals surface area contributed by atoms with E-state index in [4.69, 9.17) is 4.74 Å². The van der Waals surface area contributed by atoms with E-state index in [1.807, 2.05) is 0 Å². The van der Waals surface area contributed by atoms with Crippen molar-refractivity contribution in [1.29, 1.82) is 0 Å². The minimum Gasteiger partial charge on any atom is -0.374 e. The van der Waals surface area contributed by atoms with Crippen molar-refractivity contribution < 1.29 is 4.74 Å². The molecule has 1 aliphatic carbocycles. The molecule has 1 unspecified atom stereocenters. The lowest BCUT2D eigenvalue weighted by molar-refractivity contribution is -0.0404. The molecule has 1 saturated carbocycles. The van der Waals surface area contributed by atoms with Gasteiger partial charge in [-0.15, -0.1) is 0 Å². The van der Waals surface area contributed by atoms with Crippen molar-refractivity contribution in [2.45, 2.75) is 38.9 Å². The van der Waals surface area contributed by atoms with E-state index < -0.39 is 0 Å². The Bertz CT molecular complexity index is 146. The largest absolute Gasteiger partial charge is 0.374 e. The van der Waals surface area contributed by atoms with Gasteiger partial charge in [0.15, 0.2) is 0 Å². The highest BCUT2D eigenvalue weighted by Crippen LogP contribution is 2.30. The van der Waals surface area contributed by atoms with E-state index in [0.29, 0.717) is 24.0 Å². The lowest BCUT2D eigenvalue weighted by Crippen LogP contribution is -2.46. The summed E-state index contributed by atoms with van der Waals surface area (Å²) in [6, 6.07) is 0. The van der Waals surface area contributed by atoms with Crippen LogP contribution in [0.2, 0.25) is 0 Å². The smallest absolute Gasteiger partial charge is 0.0654 e. The summed E-state index contributed by atoms with van der Waals surface area (Å²) in [5.41, 5.74) is 0. The minimum absolute atomic E-state index is 0.513. The van der Waals surface area contributed by atoms with Gasteiger partial charge in [-0.3, -0.25) is 0 Å². The first-order valence-corrected chi connectivity index (χ1v) is 5.13. The second kappa shape index (κ2) is 3.35. The SMILES string of the molecule is C[C@@H]1CNC[C@H](C)C1OC1CC1. The Morgan fingerprint density at radius 3 is 2.17 bits per heavy atom. The van der Waals surface area contributed by atoms with Crippen molar-refractivity contribution in [1.82, 2.24) is 5.32 Å². The molecule has 0 amide bonds. The van der Waals surface area contributed by atoms with Crippen LogP contribution in [0.4, 0.5) is 0 Å².